The first-order valence-corrected chi connectivity index (χ1v) is 9.97. The number of benzene rings is 3. The number of rotatable bonds is 7. The molecule has 6 nitrogen and oxygen atoms in total. The van der Waals surface area contributed by atoms with Crippen LogP contribution >= 0.6 is 11.6 Å². The van der Waals surface area contributed by atoms with E-state index in [1.807, 2.05) is 78.9 Å². The van der Waals surface area contributed by atoms with Crippen molar-refractivity contribution in [2.24, 2.45) is 5.10 Å². The van der Waals surface area contributed by atoms with Gasteiger partial charge in [0.25, 0.3) is 5.91 Å². The monoisotopic (exact) mass is 430 g/mol. The van der Waals surface area contributed by atoms with E-state index >= 15 is 0 Å². The molecule has 2 N–H and O–H groups in total. The highest BCUT2D eigenvalue weighted by Crippen LogP contribution is 2.22. The summed E-state index contributed by atoms with van der Waals surface area (Å²) in [5, 5.41) is 11.6. The molecule has 0 saturated carbocycles. The molecule has 1 heterocycles. The van der Waals surface area contributed by atoms with E-state index in [2.05, 4.69) is 20.7 Å². The summed E-state index contributed by atoms with van der Waals surface area (Å²) in [5.74, 6) is 0.372. The van der Waals surface area contributed by atoms with E-state index in [9.17, 15) is 4.79 Å². The Morgan fingerprint density at radius 2 is 1.77 bits per heavy atom. The highest BCUT2D eigenvalue weighted by molar-refractivity contribution is 6.30. The normalized spacial score (nSPS) is 10.9. The van der Waals surface area contributed by atoms with E-state index in [0.29, 0.717) is 23.0 Å². The van der Waals surface area contributed by atoms with Crippen LogP contribution in [0.15, 0.2) is 90.0 Å². The molecule has 0 aliphatic heterocycles. The zero-order valence-corrected chi connectivity index (χ0v) is 17.2. The van der Waals surface area contributed by atoms with Crippen LogP contribution in [0.25, 0.3) is 11.3 Å². The molecule has 0 saturated heterocycles. The molecule has 4 rings (SSSR count). The SMILES string of the molecule is O=C(NN=Cc1ccccc1)c1cc(-c2ccc(OCc3ccc(Cl)cc3)cc2)n[nH]1. The molecule has 31 heavy (non-hydrogen) atoms. The molecule has 0 atom stereocenters. The lowest BCUT2D eigenvalue weighted by atomic mass is 10.1. The Bertz CT molecular complexity index is 1170. The number of aromatic nitrogens is 2. The number of hydrazone groups is 1. The van der Waals surface area contributed by atoms with Crippen molar-refractivity contribution in [1.82, 2.24) is 15.6 Å². The fraction of sp³-hybridized carbons (Fsp3) is 0.0417. The van der Waals surface area contributed by atoms with Crippen LogP contribution in [0.4, 0.5) is 0 Å². The average Bonchev–Trinajstić information content (AvgIpc) is 3.30. The molecule has 0 aliphatic rings. The largest absolute Gasteiger partial charge is 0.489 e. The van der Waals surface area contributed by atoms with Crippen LogP contribution < -0.4 is 10.2 Å². The van der Waals surface area contributed by atoms with Crippen LogP contribution in [0.5, 0.6) is 5.75 Å². The molecule has 0 radical (unpaired) electrons. The topological polar surface area (TPSA) is 79.4 Å². The number of aromatic amines is 1. The van der Waals surface area contributed by atoms with Gasteiger partial charge < -0.3 is 4.74 Å². The lowest BCUT2D eigenvalue weighted by molar-refractivity contribution is 0.0950. The Balaban J connectivity index is 1.34. The van der Waals surface area contributed by atoms with Crippen LogP contribution in [0.1, 0.15) is 21.6 Å². The highest BCUT2D eigenvalue weighted by atomic mass is 35.5. The Hall–Kier alpha value is -3.90. The van der Waals surface area contributed by atoms with Crippen molar-refractivity contribution in [3.8, 4) is 17.0 Å². The van der Waals surface area contributed by atoms with Crippen molar-refractivity contribution in [3.63, 3.8) is 0 Å². The maximum atomic E-state index is 12.3. The van der Waals surface area contributed by atoms with E-state index in [4.69, 9.17) is 16.3 Å². The van der Waals surface area contributed by atoms with Gasteiger partial charge in [0.15, 0.2) is 0 Å². The van der Waals surface area contributed by atoms with Gasteiger partial charge in [-0.3, -0.25) is 9.89 Å². The summed E-state index contributed by atoms with van der Waals surface area (Å²) in [6, 6.07) is 26.2. The Labute approximate surface area is 184 Å². The van der Waals surface area contributed by atoms with Gasteiger partial charge in [-0.05, 0) is 53.6 Å². The van der Waals surface area contributed by atoms with E-state index in [0.717, 1.165) is 22.4 Å². The van der Waals surface area contributed by atoms with Gasteiger partial charge in [0.2, 0.25) is 0 Å². The van der Waals surface area contributed by atoms with Crippen LogP contribution in [0.3, 0.4) is 0 Å². The van der Waals surface area contributed by atoms with E-state index in [-0.39, 0.29) is 5.91 Å². The maximum Gasteiger partial charge on any atom is 0.289 e. The predicted octanol–water partition coefficient (Wildman–Crippen LogP) is 5.07. The summed E-state index contributed by atoms with van der Waals surface area (Å²) >= 11 is 5.90. The molecule has 4 aromatic rings. The summed E-state index contributed by atoms with van der Waals surface area (Å²) in [4.78, 5) is 12.3. The van der Waals surface area contributed by atoms with Crippen LogP contribution in [-0.2, 0) is 6.61 Å². The van der Waals surface area contributed by atoms with Gasteiger partial charge >= 0.3 is 0 Å². The minimum atomic E-state index is -0.367. The molecule has 0 unspecified atom stereocenters. The number of carbonyl (C=O) groups is 1. The Morgan fingerprint density at radius 1 is 1.03 bits per heavy atom. The van der Waals surface area contributed by atoms with Crippen LogP contribution in [0.2, 0.25) is 5.02 Å². The third-order valence-corrected chi connectivity index (χ3v) is 4.72. The summed E-state index contributed by atoms with van der Waals surface area (Å²) < 4.78 is 5.80. The molecule has 3 aromatic carbocycles. The number of hydrogen-bond donors (Lipinski definition) is 2. The smallest absolute Gasteiger partial charge is 0.289 e. The first-order valence-electron chi connectivity index (χ1n) is 9.59. The Morgan fingerprint density at radius 3 is 2.52 bits per heavy atom. The summed E-state index contributed by atoms with van der Waals surface area (Å²) in [7, 11) is 0. The summed E-state index contributed by atoms with van der Waals surface area (Å²) in [6.45, 7) is 0.451. The first-order chi connectivity index (χ1) is 15.2. The van der Waals surface area contributed by atoms with Gasteiger partial charge in [0, 0.05) is 10.6 Å². The molecule has 0 aliphatic carbocycles. The second-order valence-electron chi connectivity index (χ2n) is 6.72. The highest BCUT2D eigenvalue weighted by Gasteiger charge is 2.10. The lowest BCUT2D eigenvalue weighted by Crippen LogP contribution is -2.17. The van der Waals surface area contributed by atoms with Crippen molar-refractivity contribution in [2.45, 2.75) is 6.61 Å². The van der Waals surface area contributed by atoms with Crippen molar-refractivity contribution >= 4 is 23.7 Å². The van der Waals surface area contributed by atoms with Crippen molar-refractivity contribution in [2.75, 3.05) is 0 Å². The van der Waals surface area contributed by atoms with E-state index in [1.165, 1.54) is 0 Å². The second kappa shape index (κ2) is 9.73. The number of ether oxygens (including phenoxy) is 1. The molecular formula is C24H19ClN4O2. The van der Waals surface area contributed by atoms with Gasteiger partial charge in [-0.25, -0.2) is 5.43 Å². The second-order valence-corrected chi connectivity index (χ2v) is 7.15. The standard InChI is InChI=1S/C24H19ClN4O2/c25-20-10-6-18(7-11-20)16-31-21-12-8-19(9-13-21)22-14-23(28-27-22)24(30)29-26-15-17-4-2-1-3-5-17/h1-15H,16H2,(H,27,28)(H,29,30). The fourth-order valence-corrected chi connectivity index (χ4v) is 2.95. The minimum absolute atomic E-state index is 0.322. The average molecular weight is 431 g/mol. The molecule has 0 fully saturated rings. The molecule has 7 heteroatoms. The van der Waals surface area contributed by atoms with Crippen molar-refractivity contribution in [3.05, 3.63) is 107 Å². The fourth-order valence-electron chi connectivity index (χ4n) is 2.82. The third kappa shape index (κ3) is 5.58. The van der Waals surface area contributed by atoms with Gasteiger partial charge in [-0.15, -0.1) is 0 Å². The zero-order chi connectivity index (χ0) is 21.5. The lowest BCUT2D eigenvalue weighted by Gasteiger charge is -2.07. The number of halogens is 1. The quantitative estimate of drug-likeness (QED) is 0.317. The molecular weight excluding hydrogens is 412 g/mol. The van der Waals surface area contributed by atoms with Gasteiger partial charge in [0.05, 0.1) is 11.9 Å². The number of carbonyl (C=O) groups excluding carboxylic acids is 1. The van der Waals surface area contributed by atoms with Crippen molar-refractivity contribution < 1.29 is 9.53 Å². The van der Waals surface area contributed by atoms with Crippen LogP contribution in [-0.4, -0.2) is 22.3 Å². The number of hydrogen-bond acceptors (Lipinski definition) is 4. The number of nitrogens with zero attached hydrogens (tertiary/aromatic N) is 2. The molecule has 1 aromatic heterocycles. The maximum absolute atomic E-state index is 12.3. The first kappa shape index (κ1) is 20.4. The number of nitrogens with one attached hydrogen (secondary N) is 2. The molecule has 154 valence electrons. The number of amides is 1. The third-order valence-electron chi connectivity index (χ3n) is 4.47. The minimum Gasteiger partial charge on any atom is -0.489 e. The summed E-state index contributed by atoms with van der Waals surface area (Å²) in [6.07, 6.45) is 1.58. The predicted molar refractivity (Wildman–Crippen MR) is 121 cm³/mol. The van der Waals surface area contributed by atoms with Crippen molar-refractivity contribution in [1.29, 1.82) is 0 Å². The molecule has 0 spiro atoms. The van der Waals surface area contributed by atoms with Gasteiger partial charge in [0.1, 0.15) is 18.1 Å². The zero-order valence-electron chi connectivity index (χ0n) is 16.5. The van der Waals surface area contributed by atoms with E-state index < -0.39 is 0 Å². The number of H-pyrrole nitrogens is 1. The van der Waals surface area contributed by atoms with Gasteiger partial charge in [-0.1, -0.05) is 54.1 Å². The summed E-state index contributed by atoms with van der Waals surface area (Å²) in [5.41, 5.74) is 6.26. The van der Waals surface area contributed by atoms with Crippen LogP contribution in [0, 0.1) is 0 Å². The van der Waals surface area contributed by atoms with E-state index in [1.54, 1.807) is 12.3 Å². The molecule has 1 amide bonds. The van der Waals surface area contributed by atoms with Gasteiger partial charge in [-0.2, -0.15) is 10.2 Å². The molecule has 0 bridgehead atoms. The Kier molecular flexibility index (Phi) is 6.40.